The van der Waals surface area contributed by atoms with E-state index < -0.39 is 11.8 Å². The molecule has 1 fully saturated rings. The zero-order valence-electron chi connectivity index (χ0n) is 18.8. The van der Waals surface area contributed by atoms with E-state index in [1.807, 2.05) is 0 Å². The van der Waals surface area contributed by atoms with Gasteiger partial charge in [-0.2, -0.15) is 23.5 Å². The van der Waals surface area contributed by atoms with Gasteiger partial charge in [0.1, 0.15) is 5.39 Å². The van der Waals surface area contributed by atoms with Crippen molar-refractivity contribution in [1.82, 2.24) is 19.7 Å². The molecule has 1 aromatic carbocycles. The summed E-state index contributed by atoms with van der Waals surface area (Å²) in [4.78, 5) is 19.0. The van der Waals surface area contributed by atoms with E-state index >= 15 is 0 Å². The normalized spacial score (nSPS) is 16.3. The highest BCUT2D eigenvalue weighted by atomic mass is 19.4. The van der Waals surface area contributed by atoms with E-state index in [0.29, 0.717) is 17.1 Å². The van der Waals surface area contributed by atoms with Gasteiger partial charge in [0.15, 0.2) is 5.82 Å². The largest absolute Gasteiger partial charge is 0.425 e. The molecule has 0 radical (unpaired) electrons. The highest BCUT2D eigenvalue weighted by Crippen LogP contribution is 2.45. The van der Waals surface area contributed by atoms with Crippen molar-refractivity contribution >= 4 is 22.4 Å². The van der Waals surface area contributed by atoms with Crippen molar-refractivity contribution in [3.8, 4) is 6.07 Å². The molecule has 1 aliphatic carbocycles. The summed E-state index contributed by atoms with van der Waals surface area (Å²) in [6.45, 7) is 0. The van der Waals surface area contributed by atoms with Crippen LogP contribution in [0.1, 0.15) is 36.4 Å². The number of H-pyrrole nitrogens is 1. The zero-order valence-corrected chi connectivity index (χ0v) is 18.8. The first-order valence-corrected chi connectivity index (χ1v) is 11.3. The number of anilines is 2. The third kappa shape index (κ3) is 3.99. The summed E-state index contributed by atoms with van der Waals surface area (Å²) in [5, 5.41) is 27.9. The van der Waals surface area contributed by atoms with Gasteiger partial charge in [-0.05, 0) is 54.7 Å². The molecule has 0 amide bonds. The Balaban J connectivity index is 1.52. The fourth-order valence-electron chi connectivity index (χ4n) is 4.49. The molecule has 5 rings (SSSR count). The van der Waals surface area contributed by atoms with Gasteiger partial charge >= 0.3 is 6.18 Å². The zero-order chi connectivity index (χ0) is 25.5. The summed E-state index contributed by atoms with van der Waals surface area (Å²) < 4.78 is 43.7. The summed E-state index contributed by atoms with van der Waals surface area (Å²) in [5.74, 6) is 0.524. The average Bonchev–Trinajstić information content (AvgIpc) is 3.64. The van der Waals surface area contributed by atoms with Crippen molar-refractivity contribution in [2.75, 3.05) is 5.32 Å². The number of nitrogens with zero attached hydrogens (tertiary/aromatic N) is 4. The number of fused-ring (bicyclic) bond motifs is 1. The smallest absolute Gasteiger partial charge is 0.372 e. The number of nitriles is 1. The molecule has 8 nitrogen and oxygen atoms in total. The van der Waals surface area contributed by atoms with Crippen LogP contribution in [0, 0.1) is 17.2 Å². The number of nitrogens with one attached hydrogen (secondary N) is 2. The maximum atomic E-state index is 14.0. The highest BCUT2D eigenvalue weighted by molar-refractivity contribution is 5.91. The summed E-state index contributed by atoms with van der Waals surface area (Å²) in [5.41, 5.74) is -3.40. The van der Waals surface area contributed by atoms with Gasteiger partial charge in [0.2, 0.25) is 5.60 Å². The van der Waals surface area contributed by atoms with E-state index in [2.05, 4.69) is 26.5 Å². The molecule has 0 saturated heterocycles. The van der Waals surface area contributed by atoms with Crippen LogP contribution < -0.4 is 10.9 Å². The van der Waals surface area contributed by atoms with E-state index in [9.17, 15) is 28.3 Å². The van der Waals surface area contributed by atoms with Gasteiger partial charge in [0.05, 0.1) is 24.0 Å². The molecule has 36 heavy (non-hydrogen) atoms. The van der Waals surface area contributed by atoms with Crippen LogP contribution in [-0.4, -0.2) is 31.0 Å². The van der Waals surface area contributed by atoms with Crippen molar-refractivity contribution in [1.29, 1.82) is 5.26 Å². The topological polar surface area (TPSA) is 120 Å². The van der Waals surface area contributed by atoms with Crippen molar-refractivity contribution in [3.63, 3.8) is 0 Å². The molecular formula is C25H21F3N6O2. The maximum Gasteiger partial charge on any atom is 0.425 e. The fraction of sp³-hybridized carbons (Fsp3) is 0.280. The van der Waals surface area contributed by atoms with Crippen molar-refractivity contribution in [2.45, 2.75) is 37.1 Å². The van der Waals surface area contributed by atoms with E-state index in [4.69, 9.17) is 0 Å². The number of hydrogen-bond acceptors (Lipinski definition) is 6. The molecular weight excluding hydrogens is 473 g/mol. The highest BCUT2D eigenvalue weighted by Gasteiger charge is 2.56. The van der Waals surface area contributed by atoms with Gasteiger partial charge in [-0.3, -0.25) is 14.5 Å². The SMILES string of the molecule is N#CC[C@@H](C1CC1)n1nc(Nc2ccc([C@](O)(c3ccncc3)C(F)(F)F)cc2)c2c(=O)[nH]ccc21. The van der Waals surface area contributed by atoms with Crippen LogP contribution in [0.25, 0.3) is 10.9 Å². The molecule has 0 spiro atoms. The number of benzene rings is 1. The Kier molecular flexibility index (Phi) is 5.76. The fourth-order valence-corrected chi connectivity index (χ4v) is 4.49. The number of rotatable bonds is 7. The first-order chi connectivity index (χ1) is 17.2. The predicted octanol–water partition coefficient (Wildman–Crippen LogP) is 4.53. The third-order valence-corrected chi connectivity index (χ3v) is 6.48. The minimum Gasteiger partial charge on any atom is -0.372 e. The first kappa shape index (κ1) is 23.6. The number of aliphatic hydroxyl groups is 1. The summed E-state index contributed by atoms with van der Waals surface area (Å²) in [7, 11) is 0. The van der Waals surface area contributed by atoms with Crippen LogP contribution in [0.3, 0.4) is 0 Å². The lowest BCUT2D eigenvalue weighted by molar-refractivity contribution is -0.248. The number of aromatic nitrogens is 4. The average molecular weight is 494 g/mol. The van der Waals surface area contributed by atoms with Gasteiger partial charge in [-0.1, -0.05) is 12.1 Å². The van der Waals surface area contributed by atoms with Crippen LogP contribution in [0.4, 0.5) is 24.7 Å². The quantitative estimate of drug-likeness (QED) is 0.347. The Morgan fingerprint density at radius 2 is 1.81 bits per heavy atom. The van der Waals surface area contributed by atoms with Crippen LogP contribution in [-0.2, 0) is 5.60 Å². The molecule has 0 unspecified atom stereocenters. The standard InChI is InChI=1S/C25H21F3N6O2/c26-25(27,28)24(36,17-8-12-30-13-9-17)16-3-5-18(6-4-16)32-22-21-20(10-14-31-23(21)35)34(33-22)19(7-11-29)15-1-2-15/h3-6,8-10,12-15,19,36H,1-2,7H2,(H,31,35)(H,32,33)/t19-,24-/m0/s1. The summed E-state index contributed by atoms with van der Waals surface area (Å²) in [6.07, 6.45) is 1.08. The molecule has 3 N–H and O–H groups in total. The number of hydrogen-bond donors (Lipinski definition) is 3. The number of halogens is 3. The molecule has 3 heterocycles. The molecule has 184 valence electrons. The Hall–Kier alpha value is -4.17. The summed E-state index contributed by atoms with van der Waals surface area (Å²) in [6, 6.07) is 11.0. The van der Waals surface area contributed by atoms with Crippen molar-refractivity contribution in [3.05, 3.63) is 82.5 Å². The molecule has 1 saturated carbocycles. The molecule has 4 aromatic rings. The second-order valence-corrected chi connectivity index (χ2v) is 8.77. The van der Waals surface area contributed by atoms with Gasteiger partial charge < -0.3 is 15.4 Å². The Bertz CT molecular complexity index is 1490. The Morgan fingerprint density at radius 3 is 2.42 bits per heavy atom. The first-order valence-electron chi connectivity index (χ1n) is 11.3. The van der Waals surface area contributed by atoms with Crippen LogP contribution in [0.15, 0.2) is 65.8 Å². The summed E-state index contributed by atoms with van der Waals surface area (Å²) >= 11 is 0. The number of pyridine rings is 2. The third-order valence-electron chi connectivity index (χ3n) is 6.48. The van der Waals surface area contributed by atoms with Crippen LogP contribution in [0.5, 0.6) is 0 Å². The van der Waals surface area contributed by atoms with Gasteiger partial charge in [-0.25, -0.2) is 0 Å². The minimum absolute atomic E-state index is 0.181. The van der Waals surface area contributed by atoms with Crippen molar-refractivity contribution in [2.24, 2.45) is 5.92 Å². The molecule has 11 heteroatoms. The van der Waals surface area contributed by atoms with E-state index in [1.165, 1.54) is 42.9 Å². The maximum absolute atomic E-state index is 14.0. The Labute approximate surface area is 203 Å². The van der Waals surface area contributed by atoms with E-state index in [-0.39, 0.29) is 40.4 Å². The van der Waals surface area contributed by atoms with Gasteiger partial charge in [-0.15, -0.1) is 0 Å². The van der Waals surface area contributed by atoms with Crippen LogP contribution >= 0.6 is 0 Å². The lowest BCUT2D eigenvalue weighted by Crippen LogP contribution is -2.43. The molecule has 0 aliphatic heterocycles. The lowest BCUT2D eigenvalue weighted by atomic mass is 9.86. The second kappa shape index (κ2) is 8.80. The molecule has 1 aliphatic rings. The Morgan fingerprint density at radius 1 is 1.14 bits per heavy atom. The lowest BCUT2D eigenvalue weighted by Gasteiger charge is -2.31. The van der Waals surface area contributed by atoms with Gasteiger partial charge in [0, 0.05) is 29.8 Å². The predicted molar refractivity (Wildman–Crippen MR) is 125 cm³/mol. The monoisotopic (exact) mass is 494 g/mol. The minimum atomic E-state index is -4.98. The van der Waals surface area contributed by atoms with E-state index in [0.717, 1.165) is 25.0 Å². The number of alkyl halides is 3. The van der Waals surface area contributed by atoms with Crippen molar-refractivity contribution < 1.29 is 18.3 Å². The van der Waals surface area contributed by atoms with Crippen LogP contribution in [0.2, 0.25) is 0 Å². The molecule has 3 aromatic heterocycles. The number of aromatic amines is 1. The molecule has 0 bridgehead atoms. The van der Waals surface area contributed by atoms with Gasteiger partial charge in [0.25, 0.3) is 5.56 Å². The molecule has 2 atom stereocenters. The van der Waals surface area contributed by atoms with E-state index in [1.54, 1.807) is 10.7 Å². The second-order valence-electron chi connectivity index (χ2n) is 8.77.